The topological polar surface area (TPSA) is 117 Å². The summed E-state index contributed by atoms with van der Waals surface area (Å²) in [6, 6.07) is 21.1. The van der Waals surface area contributed by atoms with Crippen LogP contribution in [0, 0.1) is 0 Å². The Balaban J connectivity index is 1.95. The van der Waals surface area contributed by atoms with Crippen molar-refractivity contribution in [2.24, 2.45) is 0 Å². The van der Waals surface area contributed by atoms with E-state index in [9.17, 15) is 14.7 Å². The summed E-state index contributed by atoms with van der Waals surface area (Å²) in [5, 5.41) is 22.2. The number of aromatic hydroxyl groups is 1. The summed E-state index contributed by atoms with van der Waals surface area (Å²) < 4.78 is 13.1. The van der Waals surface area contributed by atoms with Gasteiger partial charge in [-0.2, -0.15) is 0 Å². The zero-order chi connectivity index (χ0) is 25.9. The molecule has 36 heavy (non-hydrogen) atoms. The Morgan fingerprint density at radius 2 is 1.67 bits per heavy atom. The van der Waals surface area contributed by atoms with Gasteiger partial charge in [-0.3, -0.25) is 15.3 Å². The molecule has 0 saturated heterocycles. The molecule has 3 rings (SSSR count). The molecule has 0 radical (unpaired) electrons. The van der Waals surface area contributed by atoms with Crippen molar-refractivity contribution in [2.75, 3.05) is 5.32 Å². The Labute approximate surface area is 225 Å². The number of hydrogen-bond acceptors (Lipinski definition) is 6. The van der Waals surface area contributed by atoms with Gasteiger partial charge in [-0.25, -0.2) is 10.3 Å². The average Bonchev–Trinajstić information content (AvgIpc) is 2.87. The number of ether oxygens (including phenoxy) is 2. The lowest BCUT2D eigenvalue weighted by Gasteiger charge is -2.29. The maximum Gasteiger partial charge on any atom is 0.412 e. The summed E-state index contributed by atoms with van der Waals surface area (Å²) in [7, 11) is 0. The Morgan fingerprint density at radius 3 is 2.33 bits per heavy atom. The highest BCUT2D eigenvalue weighted by Crippen LogP contribution is 2.40. The lowest BCUT2D eigenvalue weighted by atomic mass is 9.99. The number of carbonyl (C=O) groups is 2. The summed E-state index contributed by atoms with van der Waals surface area (Å²) in [5.74, 6) is -0.239. The minimum atomic E-state index is -1.04. The number of allylic oxidation sites excluding steroid dienone is 1. The summed E-state index contributed by atoms with van der Waals surface area (Å²) in [5.41, 5.74) is 2.39. The number of phenolic OH excluding ortho intramolecular Hbond substituents is 1. The molecule has 3 aromatic carbocycles. The van der Waals surface area contributed by atoms with Gasteiger partial charge in [-0.05, 0) is 65.2 Å². The Kier molecular flexibility index (Phi) is 10.3. The van der Waals surface area contributed by atoms with Crippen LogP contribution in [0.2, 0.25) is 0 Å². The number of anilines is 1. The fourth-order valence-corrected chi connectivity index (χ4v) is 4.62. The molecular weight excluding hydrogens is 596 g/mol. The first kappa shape index (κ1) is 27.3. The van der Waals surface area contributed by atoms with Gasteiger partial charge in [0, 0.05) is 21.8 Å². The number of hydroxylamine groups is 1. The normalized spacial score (nSPS) is 12.5. The third-order valence-electron chi connectivity index (χ3n) is 4.98. The molecule has 0 saturated carbocycles. The van der Waals surface area contributed by atoms with Crippen LogP contribution in [0.4, 0.5) is 10.5 Å². The maximum atomic E-state index is 12.9. The van der Waals surface area contributed by atoms with Crippen LogP contribution in [0.1, 0.15) is 24.5 Å². The van der Waals surface area contributed by atoms with Gasteiger partial charge in [0.2, 0.25) is 0 Å². The van der Waals surface area contributed by atoms with Gasteiger partial charge in [0.1, 0.15) is 17.6 Å². The lowest BCUT2D eigenvalue weighted by Crippen LogP contribution is -2.31. The van der Waals surface area contributed by atoms with Crippen molar-refractivity contribution >= 4 is 49.5 Å². The number of phenols is 1. The van der Waals surface area contributed by atoms with E-state index >= 15 is 0 Å². The van der Waals surface area contributed by atoms with Crippen LogP contribution < -0.4 is 15.5 Å². The predicted molar refractivity (Wildman–Crippen MR) is 142 cm³/mol. The van der Waals surface area contributed by atoms with Crippen molar-refractivity contribution in [3.05, 3.63) is 99.5 Å². The number of nitrogens with one attached hydrogen (secondary N) is 2. The second-order valence-corrected chi connectivity index (χ2v) is 9.34. The highest BCUT2D eigenvalue weighted by Gasteiger charge is 2.32. The van der Waals surface area contributed by atoms with Crippen molar-refractivity contribution in [3.8, 4) is 11.5 Å². The molecule has 0 aliphatic rings. The molecule has 4 N–H and O–H groups in total. The smallest absolute Gasteiger partial charge is 0.412 e. The molecule has 2 amide bonds. The molecule has 0 spiro atoms. The van der Waals surface area contributed by atoms with E-state index in [1.807, 2.05) is 24.3 Å². The SMILES string of the molecule is O=C(/C=C/CC[C@@H](Oc1ccccc1)[C@H](OC(=O)Nc1ccccc1)c1cc(Br)cc(Br)c1O)NO. The monoisotopic (exact) mass is 618 g/mol. The van der Waals surface area contributed by atoms with Crippen LogP contribution in [-0.2, 0) is 9.53 Å². The molecule has 0 aliphatic carbocycles. The molecule has 188 valence electrons. The highest BCUT2D eigenvalue weighted by atomic mass is 79.9. The summed E-state index contributed by atoms with van der Waals surface area (Å²) in [6.07, 6.45) is 0.858. The number of amides is 2. The standard InChI is InChI=1S/C26H24Br2N2O6/c27-17-15-20(24(32)21(28)16-17)25(36-26(33)29-18-9-3-1-4-10-18)22(13-7-8-14-23(31)30-34)35-19-11-5-2-6-12-19/h1-6,8-12,14-16,22,25,32,34H,7,13H2,(H,29,33)(H,30,31)/b14-8+/t22-,25-/m1/s1. The van der Waals surface area contributed by atoms with Gasteiger partial charge in [0.15, 0.2) is 6.10 Å². The van der Waals surface area contributed by atoms with Crippen LogP contribution in [0.5, 0.6) is 11.5 Å². The van der Waals surface area contributed by atoms with E-state index in [4.69, 9.17) is 14.7 Å². The predicted octanol–water partition coefficient (Wildman–Crippen LogP) is 6.50. The number of halogens is 2. The quantitative estimate of drug-likeness (QED) is 0.117. The lowest BCUT2D eigenvalue weighted by molar-refractivity contribution is -0.124. The molecular formula is C26H24Br2N2O6. The number of rotatable bonds is 10. The number of para-hydroxylation sites is 2. The van der Waals surface area contributed by atoms with E-state index in [1.165, 1.54) is 11.6 Å². The van der Waals surface area contributed by atoms with Crippen molar-refractivity contribution in [3.63, 3.8) is 0 Å². The van der Waals surface area contributed by atoms with Crippen molar-refractivity contribution in [1.82, 2.24) is 5.48 Å². The molecule has 0 bridgehead atoms. The molecule has 0 aliphatic heterocycles. The zero-order valence-corrected chi connectivity index (χ0v) is 22.1. The fourth-order valence-electron chi connectivity index (χ4n) is 3.36. The molecule has 0 fully saturated rings. The first-order valence-corrected chi connectivity index (χ1v) is 12.5. The van der Waals surface area contributed by atoms with Crippen LogP contribution >= 0.6 is 31.9 Å². The molecule has 0 aromatic heterocycles. The number of carbonyl (C=O) groups excluding carboxylic acids is 2. The minimum absolute atomic E-state index is 0.104. The van der Waals surface area contributed by atoms with Gasteiger partial charge in [0.25, 0.3) is 5.91 Å². The molecule has 2 atom stereocenters. The zero-order valence-electron chi connectivity index (χ0n) is 18.9. The van der Waals surface area contributed by atoms with Crippen LogP contribution in [-0.4, -0.2) is 28.4 Å². The Bertz CT molecular complexity index is 1190. The Hall–Kier alpha value is -3.34. The number of benzene rings is 3. The van der Waals surface area contributed by atoms with Gasteiger partial charge in [-0.1, -0.05) is 58.4 Å². The van der Waals surface area contributed by atoms with E-state index in [0.717, 1.165) is 0 Å². The average molecular weight is 620 g/mol. The molecule has 10 heteroatoms. The van der Waals surface area contributed by atoms with Gasteiger partial charge >= 0.3 is 6.09 Å². The first-order valence-electron chi connectivity index (χ1n) is 10.9. The first-order chi connectivity index (χ1) is 17.4. The van der Waals surface area contributed by atoms with Gasteiger partial charge in [0.05, 0.1) is 4.47 Å². The largest absolute Gasteiger partial charge is 0.506 e. The minimum Gasteiger partial charge on any atom is -0.506 e. The van der Waals surface area contributed by atoms with E-state index in [-0.39, 0.29) is 5.75 Å². The maximum absolute atomic E-state index is 12.9. The third kappa shape index (κ3) is 8.11. The third-order valence-corrected chi connectivity index (χ3v) is 6.05. The second-order valence-electron chi connectivity index (χ2n) is 7.57. The van der Waals surface area contributed by atoms with E-state index in [1.54, 1.807) is 54.6 Å². The van der Waals surface area contributed by atoms with E-state index in [0.29, 0.717) is 38.8 Å². The van der Waals surface area contributed by atoms with Crippen LogP contribution in [0.15, 0.2) is 93.9 Å². The van der Waals surface area contributed by atoms with E-state index in [2.05, 4.69) is 37.2 Å². The number of hydrogen-bond donors (Lipinski definition) is 4. The van der Waals surface area contributed by atoms with E-state index < -0.39 is 24.2 Å². The van der Waals surface area contributed by atoms with Crippen LogP contribution in [0.3, 0.4) is 0 Å². The molecule has 0 heterocycles. The summed E-state index contributed by atoms with van der Waals surface area (Å²) in [4.78, 5) is 24.2. The molecule has 8 nitrogen and oxygen atoms in total. The second kappa shape index (κ2) is 13.7. The van der Waals surface area contributed by atoms with Gasteiger partial charge < -0.3 is 14.6 Å². The van der Waals surface area contributed by atoms with Crippen LogP contribution in [0.25, 0.3) is 0 Å². The summed E-state index contributed by atoms with van der Waals surface area (Å²) >= 11 is 6.75. The Morgan fingerprint density at radius 1 is 1.00 bits per heavy atom. The molecule has 3 aromatic rings. The fraction of sp³-hybridized carbons (Fsp3) is 0.154. The highest BCUT2D eigenvalue weighted by molar-refractivity contribution is 9.11. The molecule has 0 unspecified atom stereocenters. The van der Waals surface area contributed by atoms with Crippen molar-refractivity contribution in [1.29, 1.82) is 0 Å². The van der Waals surface area contributed by atoms with Gasteiger partial charge in [-0.15, -0.1) is 0 Å². The van der Waals surface area contributed by atoms with Crippen molar-refractivity contribution < 1.29 is 29.4 Å². The summed E-state index contributed by atoms with van der Waals surface area (Å²) in [6.45, 7) is 0. The van der Waals surface area contributed by atoms with Crippen molar-refractivity contribution in [2.45, 2.75) is 25.0 Å².